The van der Waals surface area contributed by atoms with Crippen molar-refractivity contribution in [3.05, 3.63) is 0 Å². The Morgan fingerprint density at radius 3 is 2.70 bits per heavy atom. The summed E-state index contributed by atoms with van der Waals surface area (Å²) in [4.78, 5) is 27.1. The summed E-state index contributed by atoms with van der Waals surface area (Å²) in [6, 6.07) is -0.305. The van der Waals surface area contributed by atoms with E-state index in [4.69, 9.17) is 0 Å². The normalized spacial score (nSPS) is 33.5. The summed E-state index contributed by atoms with van der Waals surface area (Å²) in [5.74, 6) is 3.11. The smallest absolute Gasteiger partial charge is 0.249 e. The second-order valence-electron chi connectivity index (χ2n) is 6.50. The molecule has 4 nitrogen and oxygen atoms in total. The van der Waals surface area contributed by atoms with Crippen LogP contribution in [-0.2, 0) is 9.59 Å². The molecule has 112 valence electrons. The van der Waals surface area contributed by atoms with Crippen LogP contribution in [0.15, 0.2) is 0 Å². The number of rotatable bonds is 2. The summed E-state index contributed by atoms with van der Waals surface area (Å²) < 4.78 is 0. The van der Waals surface area contributed by atoms with Gasteiger partial charge in [0.15, 0.2) is 0 Å². The molecule has 0 bridgehead atoms. The van der Waals surface area contributed by atoms with Gasteiger partial charge in [0.25, 0.3) is 0 Å². The molecule has 0 aromatic rings. The SMILES string of the molecule is CC1C(=O)NC2(CCCCC2)C(=O)N1CC1CCSC1. The highest BCUT2D eigenvalue weighted by Crippen LogP contribution is 2.34. The van der Waals surface area contributed by atoms with Crippen LogP contribution in [0.5, 0.6) is 0 Å². The Balaban J connectivity index is 1.78. The van der Waals surface area contributed by atoms with Crippen LogP contribution in [0.3, 0.4) is 0 Å². The molecule has 3 rings (SSSR count). The quantitative estimate of drug-likeness (QED) is 0.845. The van der Waals surface area contributed by atoms with Crippen molar-refractivity contribution in [1.29, 1.82) is 0 Å². The van der Waals surface area contributed by atoms with E-state index in [1.165, 1.54) is 18.6 Å². The standard InChI is InChI=1S/C15H24N2O2S/c1-11-13(18)16-15(6-3-2-4-7-15)14(19)17(11)9-12-5-8-20-10-12/h11-12H,2-10H2,1H3,(H,16,18). The maximum Gasteiger partial charge on any atom is 0.249 e. The van der Waals surface area contributed by atoms with Gasteiger partial charge < -0.3 is 10.2 Å². The molecule has 1 N–H and O–H groups in total. The van der Waals surface area contributed by atoms with Gasteiger partial charge in [-0.25, -0.2) is 0 Å². The monoisotopic (exact) mass is 296 g/mol. The topological polar surface area (TPSA) is 49.4 Å². The highest BCUT2D eigenvalue weighted by molar-refractivity contribution is 7.99. The van der Waals surface area contributed by atoms with Crippen LogP contribution >= 0.6 is 11.8 Å². The minimum atomic E-state index is -0.576. The van der Waals surface area contributed by atoms with Gasteiger partial charge in [-0.05, 0) is 43.6 Å². The zero-order valence-corrected chi connectivity index (χ0v) is 13.0. The summed E-state index contributed by atoms with van der Waals surface area (Å²) in [5.41, 5.74) is -0.576. The average Bonchev–Trinajstić information content (AvgIpc) is 2.96. The fourth-order valence-electron chi connectivity index (χ4n) is 3.73. The molecule has 2 atom stereocenters. The van der Waals surface area contributed by atoms with Crippen LogP contribution in [0, 0.1) is 5.92 Å². The van der Waals surface area contributed by atoms with Gasteiger partial charge in [-0.1, -0.05) is 19.3 Å². The number of nitrogens with one attached hydrogen (secondary N) is 1. The van der Waals surface area contributed by atoms with Crippen LogP contribution in [0.4, 0.5) is 0 Å². The summed E-state index contributed by atoms with van der Waals surface area (Å²) in [5, 5.41) is 3.05. The fraction of sp³-hybridized carbons (Fsp3) is 0.867. The first kappa shape index (κ1) is 14.2. The average molecular weight is 296 g/mol. The maximum atomic E-state index is 13.0. The first-order valence-electron chi connectivity index (χ1n) is 7.83. The number of piperazine rings is 1. The van der Waals surface area contributed by atoms with Gasteiger partial charge in [-0.15, -0.1) is 0 Å². The largest absolute Gasteiger partial charge is 0.340 e. The lowest BCUT2D eigenvalue weighted by atomic mass is 9.78. The molecule has 1 spiro atoms. The number of amides is 2. The third-order valence-corrected chi connectivity index (χ3v) is 6.30. The molecule has 1 saturated carbocycles. The molecule has 2 amide bonds. The Morgan fingerprint density at radius 1 is 1.30 bits per heavy atom. The van der Waals surface area contributed by atoms with Crippen LogP contribution in [-0.4, -0.2) is 46.3 Å². The van der Waals surface area contributed by atoms with Gasteiger partial charge in [-0.3, -0.25) is 9.59 Å². The summed E-state index contributed by atoms with van der Waals surface area (Å²) in [7, 11) is 0. The number of hydrogen-bond donors (Lipinski definition) is 1. The summed E-state index contributed by atoms with van der Waals surface area (Å²) >= 11 is 1.96. The predicted octanol–water partition coefficient (Wildman–Crippen LogP) is 1.79. The van der Waals surface area contributed by atoms with Crippen molar-refractivity contribution in [3.63, 3.8) is 0 Å². The highest BCUT2D eigenvalue weighted by Gasteiger charge is 2.50. The van der Waals surface area contributed by atoms with E-state index in [0.717, 1.165) is 38.0 Å². The van der Waals surface area contributed by atoms with Crippen LogP contribution < -0.4 is 5.32 Å². The van der Waals surface area contributed by atoms with Crippen molar-refractivity contribution < 1.29 is 9.59 Å². The second-order valence-corrected chi connectivity index (χ2v) is 7.64. The first-order chi connectivity index (χ1) is 9.62. The summed E-state index contributed by atoms with van der Waals surface area (Å²) in [6.07, 6.45) is 6.09. The van der Waals surface area contributed by atoms with Crippen molar-refractivity contribution in [2.75, 3.05) is 18.1 Å². The Labute approximate surface area is 125 Å². The highest BCUT2D eigenvalue weighted by atomic mass is 32.2. The van der Waals surface area contributed by atoms with E-state index in [1.54, 1.807) is 0 Å². The molecule has 3 aliphatic rings. The molecule has 0 radical (unpaired) electrons. The molecule has 0 aromatic heterocycles. The number of hydrogen-bond acceptors (Lipinski definition) is 3. The van der Waals surface area contributed by atoms with Gasteiger partial charge in [0.1, 0.15) is 11.6 Å². The Kier molecular flexibility index (Phi) is 3.98. The maximum absolute atomic E-state index is 13.0. The van der Waals surface area contributed by atoms with E-state index in [0.29, 0.717) is 5.92 Å². The number of thioether (sulfide) groups is 1. The minimum Gasteiger partial charge on any atom is -0.340 e. The van der Waals surface area contributed by atoms with E-state index < -0.39 is 5.54 Å². The van der Waals surface area contributed by atoms with E-state index in [2.05, 4.69) is 5.32 Å². The molecule has 1 aliphatic carbocycles. The number of nitrogens with zero attached hydrogens (tertiary/aromatic N) is 1. The zero-order valence-electron chi connectivity index (χ0n) is 12.2. The van der Waals surface area contributed by atoms with Gasteiger partial charge >= 0.3 is 0 Å². The Bertz CT molecular complexity index is 401. The molecule has 3 fully saturated rings. The molecule has 20 heavy (non-hydrogen) atoms. The van der Waals surface area contributed by atoms with E-state index in [-0.39, 0.29) is 17.9 Å². The lowest BCUT2D eigenvalue weighted by molar-refractivity contribution is -0.156. The Hall–Kier alpha value is -0.710. The molecule has 2 heterocycles. The van der Waals surface area contributed by atoms with E-state index >= 15 is 0 Å². The van der Waals surface area contributed by atoms with Crippen molar-refractivity contribution in [2.45, 2.75) is 57.0 Å². The number of carbonyl (C=O) groups excluding carboxylic acids is 2. The molecule has 5 heteroatoms. The first-order valence-corrected chi connectivity index (χ1v) is 8.99. The van der Waals surface area contributed by atoms with Crippen molar-refractivity contribution >= 4 is 23.6 Å². The number of carbonyl (C=O) groups is 2. The van der Waals surface area contributed by atoms with Crippen LogP contribution in [0.25, 0.3) is 0 Å². The third kappa shape index (κ3) is 2.45. The van der Waals surface area contributed by atoms with Crippen molar-refractivity contribution in [3.8, 4) is 0 Å². The minimum absolute atomic E-state index is 0.0390. The molecule has 2 unspecified atom stereocenters. The van der Waals surface area contributed by atoms with E-state index in [1.807, 2.05) is 23.6 Å². The van der Waals surface area contributed by atoms with Gasteiger partial charge in [0.05, 0.1) is 0 Å². The van der Waals surface area contributed by atoms with E-state index in [9.17, 15) is 9.59 Å². The molecule has 0 aromatic carbocycles. The lowest BCUT2D eigenvalue weighted by Gasteiger charge is -2.47. The van der Waals surface area contributed by atoms with Crippen molar-refractivity contribution in [1.82, 2.24) is 10.2 Å². The summed E-state index contributed by atoms with van der Waals surface area (Å²) in [6.45, 7) is 2.63. The Morgan fingerprint density at radius 2 is 2.05 bits per heavy atom. The molecular weight excluding hydrogens is 272 g/mol. The molecule has 2 aliphatic heterocycles. The fourth-order valence-corrected chi connectivity index (χ4v) is 5.00. The molecule has 2 saturated heterocycles. The van der Waals surface area contributed by atoms with Gasteiger partial charge in [-0.2, -0.15) is 11.8 Å². The van der Waals surface area contributed by atoms with Crippen LogP contribution in [0.2, 0.25) is 0 Å². The predicted molar refractivity (Wildman–Crippen MR) is 80.6 cm³/mol. The lowest BCUT2D eigenvalue weighted by Crippen LogP contribution is -2.70. The zero-order chi connectivity index (χ0) is 14.2. The van der Waals surface area contributed by atoms with Gasteiger partial charge in [0, 0.05) is 6.54 Å². The van der Waals surface area contributed by atoms with Crippen molar-refractivity contribution in [2.24, 2.45) is 5.92 Å². The van der Waals surface area contributed by atoms with Gasteiger partial charge in [0.2, 0.25) is 11.8 Å². The van der Waals surface area contributed by atoms with Crippen LogP contribution in [0.1, 0.15) is 45.4 Å². The molecular formula is C15H24N2O2S. The second kappa shape index (κ2) is 5.58. The third-order valence-electron chi connectivity index (χ3n) is 5.07.